The van der Waals surface area contributed by atoms with Gasteiger partial charge in [-0.2, -0.15) is 0 Å². The molecule has 34 heavy (non-hydrogen) atoms. The topological polar surface area (TPSA) is 76.5 Å². The molecule has 1 N–H and O–H groups in total. The lowest BCUT2D eigenvalue weighted by molar-refractivity contribution is -0.131. The molecule has 0 aliphatic heterocycles. The van der Waals surface area contributed by atoms with Crippen LogP contribution in [0.25, 0.3) is 11.0 Å². The Morgan fingerprint density at radius 1 is 0.971 bits per heavy atom. The lowest BCUT2D eigenvalue weighted by atomic mass is 10.2. The third-order valence-electron chi connectivity index (χ3n) is 5.54. The third-order valence-corrected chi connectivity index (χ3v) is 5.54. The molecular formula is C27H28N4O3. The molecule has 3 aromatic carbocycles. The minimum atomic E-state index is -0.411. The number of fused-ring (bicyclic) bond motifs is 1. The Balaban J connectivity index is 1.48. The van der Waals surface area contributed by atoms with Crippen LogP contribution in [-0.2, 0) is 22.7 Å². The molecule has 0 saturated heterocycles. The second-order valence-corrected chi connectivity index (χ2v) is 8.17. The average molecular weight is 457 g/mol. The molecule has 0 spiro atoms. The van der Waals surface area contributed by atoms with Gasteiger partial charge in [0.25, 0.3) is 5.91 Å². The monoisotopic (exact) mass is 456 g/mol. The van der Waals surface area contributed by atoms with Crippen LogP contribution in [0.4, 0.5) is 0 Å². The van der Waals surface area contributed by atoms with Crippen LogP contribution < -0.4 is 10.1 Å². The predicted octanol–water partition coefficient (Wildman–Crippen LogP) is 3.95. The van der Waals surface area contributed by atoms with Crippen molar-refractivity contribution >= 4 is 22.8 Å². The first-order valence-electron chi connectivity index (χ1n) is 11.2. The molecule has 4 rings (SSSR count). The van der Waals surface area contributed by atoms with E-state index in [0.29, 0.717) is 18.1 Å². The molecule has 7 nitrogen and oxygen atoms in total. The molecule has 174 valence electrons. The number of hydrogen-bond donors (Lipinski definition) is 1. The number of rotatable bonds is 9. The van der Waals surface area contributed by atoms with E-state index in [0.717, 1.165) is 16.6 Å². The number of amides is 2. The largest absolute Gasteiger partial charge is 0.484 e. The van der Waals surface area contributed by atoms with E-state index in [2.05, 4.69) is 5.32 Å². The molecule has 1 aromatic heterocycles. The summed E-state index contributed by atoms with van der Waals surface area (Å²) < 4.78 is 7.42. The molecule has 7 heteroatoms. The van der Waals surface area contributed by atoms with Crippen molar-refractivity contribution in [3.8, 4) is 5.75 Å². The molecule has 0 aliphatic rings. The van der Waals surface area contributed by atoms with E-state index in [1.807, 2.05) is 84.3 Å². The summed E-state index contributed by atoms with van der Waals surface area (Å²) in [5, 5.41) is 2.94. The number of aromatic nitrogens is 2. The SMILES string of the molecule is CC(NC(=O)COc1ccccc1)c1nc2ccccc2n1CC(=O)N(C)Cc1ccccc1. The summed E-state index contributed by atoms with van der Waals surface area (Å²) in [6.45, 7) is 2.40. The first-order chi connectivity index (χ1) is 16.5. The zero-order chi connectivity index (χ0) is 23.9. The van der Waals surface area contributed by atoms with Gasteiger partial charge in [0.1, 0.15) is 18.1 Å². The van der Waals surface area contributed by atoms with Crippen LogP contribution in [0.2, 0.25) is 0 Å². The number of benzene rings is 3. The summed E-state index contributed by atoms with van der Waals surface area (Å²) in [5.74, 6) is 0.946. The number of carbonyl (C=O) groups is 2. The van der Waals surface area contributed by atoms with Gasteiger partial charge in [0, 0.05) is 13.6 Å². The Labute approximate surface area is 199 Å². The molecule has 1 heterocycles. The van der Waals surface area contributed by atoms with E-state index in [4.69, 9.17) is 9.72 Å². The van der Waals surface area contributed by atoms with Gasteiger partial charge in [0.2, 0.25) is 5.91 Å². The molecular weight excluding hydrogens is 428 g/mol. The summed E-state index contributed by atoms with van der Waals surface area (Å²) >= 11 is 0. The fraction of sp³-hybridized carbons (Fsp3) is 0.222. The molecule has 0 radical (unpaired) electrons. The van der Waals surface area contributed by atoms with Crippen molar-refractivity contribution in [2.75, 3.05) is 13.7 Å². The van der Waals surface area contributed by atoms with Gasteiger partial charge in [-0.1, -0.05) is 60.7 Å². The maximum Gasteiger partial charge on any atom is 0.258 e. The molecule has 4 aromatic rings. The predicted molar refractivity (Wildman–Crippen MR) is 131 cm³/mol. The Hall–Kier alpha value is -4.13. The van der Waals surface area contributed by atoms with Gasteiger partial charge in [-0.15, -0.1) is 0 Å². The Morgan fingerprint density at radius 3 is 2.35 bits per heavy atom. The van der Waals surface area contributed by atoms with Crippen LogP contribution in [0, 0.1) is 0 Å². The number of likely N-dealkylation sites (N-methyl/N-ethyl adjacent to an activating group) is 1. The Bertz CT molecular complexity index is 1250. The number of nitrogens with zero attached hydrogens (tertiary/aromatic N) is 3. The second-order valence-electron chi connectivity index (χ2n) is 8.17. The fourth-order valence-electron chi connectivity index (χ4n) is 3.81. The standard InChI is InChI=1S/C27H28N4O3/c1-20(28-25(32)19-34-22-13-7-4-8-14-22)27-29-23-15-9-10-16-24(23)31(27)18-26(33)30(2)17-21-11-5-3-6-12-21/h3-16,20H,17-19H2,1-2H3,(H,28,32). The average Bonchev–Trinajstić information content (AvgIpc) is 3.22. The maximum absolute atomic E-state index is 13.1. The Kier molecular flexibility index (Phi) is 7.22. The van der Waals surface area contributed by atoms with Gasteiger partial charge in [-0.25, -0.2) is 4.98 Å². The zero-order valence-electron chi connectivity index (χ0n) is 19.3. The van der Waals surface area contributed by atoms with Crippen LogP contribution in [0.15, 0.2) is 84.9 Å². The highest BCUT2D eigenvalue weighted by molar-refractivity contribution is 5.82. The van der Waals surface area contributed by atoms with Crippen molar-refractivity contribution in [3.05, 3.63) is 96.3 Å². The van der Waals surface area contributed by atoms with E-state index in [9.17, 15) is 9.59 Å². The Morgan fingerprint density at radius 2 is 1.62 bits per heavy atom. The smallest absolute Gasteiger partial charge is 0.258 e. The van der Waals surface area contributed by atoms with Crippen molar-refractivity contribution < 1.29 is 14.3 Å². The summed E-state index contributed by atoms with van der Waals surface area (Å²) in [6.07, 6.45) is 0. The van der Waals surface area contributed by atoms with Crippen LogP contribution in [0.1, 0.15) is 24.4 Å². The van der Waals surface area contributed by atoms with Crippen molar-refractivity contribution in [1.29, 1.82) is 0 Å². The molecule has 0 fully saturated rings. The van der Waals surface area contributed by atoms with Crippen molar-refractivity contribution in [2.45, 2.75) is 26.1 Å². The summed E-state index contributed by atoms with van der Waals surface area (Å²) in [4.78, 5) is 32.0. The first-order valence-corrected chi connectivity index (χ1v) is 11.2. The molecule has 0 saturated carbocycles. The van der Waals surface area contributed by atoms with Gasteiger partial charge in [-0.05, 0) is 36.8 Å². The minimum absolute atomic E-state index is 0.0424. The van der Waals surface area contributed by atoms with Crippen LogP contribution >= 0.6 is 0 Å². The van der Waals surface area contributed by atoms with E-state index in [1.165, 1.54) is 0 Å². The van der Waals surface area contributed by atoms with E-state index >= 15 is 0 Å². The summed E-state index contributed by atoms with van der Waals surface area (Å²) in [7, 11) is 1.79. The highest BCUT2D eigenvalue weighted by Crippen LogP contribution is 2.21. The minimum Gasteiger partial charge on any atom is -0.484 e. The third kappa shape index (κ3) is 5.61. The second kappa shape index (κ2) is 10.7. The van der Waals surface area contributed by atoms with Crippen LogP contribution in [-0.4, -0.2) is 39.9 Å². The highest BCUT2D eigenvalue weighted by Gasteiger charge is 2.21. The fourth-order valence-corrected chi connectivity index (χ4v) is 3.81. The molecule has 0 bridgehead atoms. The summed E-state index contributed by atoms with van der Waals surface area (Å²) in [6, 6.07) is 26.3. The molecule has 0 aliphatic carbocycles. The number of para-hydroxylation sites is 3. The number of carbonyl (C=O) groups excluding carboxylic acids is 2. The zero-order valence-corrected chi connectivity index (χ0v) is 19.3. The van der Waals surface area contributed by atoms with Gasteiger partial charge < -0.3 is 19.5 Å². The van der Waals surface area contributed by atoms with Crippen LogP contribution in [0.3, 0.4) is 0 Å². The van der Waals surface area contributed by atoms with E-state index in [-0.39, 0.29) is 25.0 Å². The quantitative estimate of drug-likeness (QED) is 0.414. The van der Waals surface area contributed by atoms with Crippen molar-refractivity contribution in [1.82, 2.24) is 19.8 Å². The first kappa shape index (κ1) is 23.0. The number of nitrogens with one attached hydrogen (secondary N) is 1. The maximum atomic E-state index is 13.1. The van der Waals surface area contributed by atoms with Crippen LogP contribution in [0.5, 0.6) is 5.75 Å². The van der Waals surface area contributed by atoms with Crippen molar-refractivity contribution in [3.63, 3.8) is 0 Å². The van der Waals surface area contributed by atoms with Gasteiger partial charge >= 0.3 is 0 Å². The summed E-state index contributed by atoms with van der Waals surface area (Å²) in [5.41, 5.74) is 2.69. The molecule has 1 atom stereocenters. The van der Waals surface area contributed by atoms with E-state index in [1.54, 1.807) is 24.1 Å². The molecule has 1 unspecified atom stereocenters. The van der Waals surface area contributed by atoms with E-state index < -0.39 is 6.04 Å². The normalized spacial score (nSPS) is 11.7. The number of imidazole rings is 1. The van der Waals surface area contributed by atoms with Crippen molar-refractivity contribution in [2.24, 2.45) is 0 Å². The van der Waals surface area contributed by atoms with Gasteiger partial charge in [-0.3, -0.25) is 9.59 Å². The number of ether oxygens (including phenoxy) is 1. The molecule has 2 amide bonds. The highest BCUT2D eigenvalue weighted by atomic mass is 16.5. The lowest BCUT2D eigenvalue weighted by Crippen LogP contribution is -2.34. The lowest BCUT2D eigenvalue weighted by Gasteiger charge is -2.20. The number of hydrogen-bond acceptors (Lipinski definition) is 4. The van der Waals surface area contributed by atoms with Gasteiger partial charge in [0.15, 0.2) is 6.61 Å². The van der Waals surface area contributed by atoms with Gasteiger partial charge in [0.05, 0.1) is 17.1 Å².